The summed E-state index contributed by atoms with van der Waals surface area (Å²) in [5.74, 6) is 0.969. The lowest BCUT2D eigenvalue weighted by Crippen LogP contribution is -2.16. The smallest absolute Gasteiger partial charge is 0.124 e. The lowest BCUT2D eigenvalue weighted by atomic mass is 10.2. The van der Waals surface area contributed by atoms with Crippen LogP contribution in [0.3, 0.4) is 0 Å². The number of rotatable bonds is 6. The largest absolute Gasteiger partial charge is 0.323 e. The quantitative estimate of drug-likeness (QED) is 0.649. The number of halogens is 2. The molecular formula is C18H17Cl2N3. The van der Waals surface area contributed by atoms with Gasteiger partial charge in [-0.15, -0.1) is 6.58 Å². The monoisotopic (exact) mass is 345 g/mol. The van der Waals surface area contributed by atoms with Gasteiger partial charge in [-0.2, -0.15) is 0 Å². The molecule has 1 aromatic heterocycles. The van der Waals surface area contributed by atoms with Gasteiger partial charge in [0.2, 0.25) is 0 Å². The minimum Gasteiger partial charge on any atom is -0.323 e. The van der Waals surface area contributed by atoms with Crippen molar-refractivity contribution in [3.8, 4) is 0 Å². The molecule has 0 aliphatic carbocycles. The zero-order valence-electron chi connectivity index (χ0n) is 12.6. The SMILES string of the molecule is C=CCn1c(CNCc2ccc(Cl)cc2)nc2ccc(Cl)cc21. The predicted molar refractivity (Wildman–Crippen MR) is 96.9 cm³/mol. The Morgan fingerprint density at radius 2 is 1.78 bits per heavy atom. The Kier molecular flexibility index (Phi) is 5.01. The number of benzene rings is 2. The van der Waals surface area contributed by atoms with Gasteiger partial charge in [-0.05, 0) is 35.9 Å². The highest BCUT2D eigenvalue weighted by Gasteiger charge is 2.10. The van der Waals surface area contributed by atoms with Gasteiger partial charge in [-0.3, -0.25) is 0 Å². The Hall–Kier alpha value is -1.81. The molecule has 0 bridgehead atoms. The number of allylic oxidation sites excluding steroid dienone is 1. The molecule has 0 aliphatic heterocycles. The molecule has 0 aliphatic rings. The highest BCUT2D eigenvalue weighted by Crippen LogP contribution is 2.21. The van der Waals surface area contributed by atoms with E-state index in [1.807, 2.05) is 48.5 Å². The normalized spacial score (nSPS) is 11.0. The van der Waals surface area contributed by atoms with Crippen LogP contribution < -0.4 is 5.32 Å². The maximum atomic E-state index is 6.10. The molecule has 0 atom stereocenters. The van der Waals surface area contributed by atoms with E-state index in [4.69, 9.17) is 28.2 Å². The van der Waals surface area contributed by atoms with Crippen LogP contribution in [0.2, 0.25) is 10.0 Å². The molecular weight excluding hydrogens is 329 g/mol. The Morgan fingerprint density at radius 3 is 2.52 bits per heavy atom. The average Bonchev–Trinajstić information content (AvgIpc) is 2.87. The maximum Gasteiger partial charge on any atom is 0.124 e. The van der Waals surface area contributed by atoms with Crippen LogP contribution in [-0.4, -0.2) is 9.55 Å². The second kappa shape index (κ2) is 7.18. The fourth-order valence-corrected chi connectivity index (χ4v) is 2.83. The zero-order chi connectivity index (χ0) is 16.2. The molecule has 3 nitrogen and oxygen atoms in total. The fraction of sp³-hybridized carbons (Fsp3) is 0.167. The number of fused-ring (bicyclic) bond motifs is 1. The van der Waals surface area contributed by atoms with E-state index in [9.17, 15) is 0 Å². The van der Waals surface area contributed by atoms with E-state index in [0.29, 0.717) is 18.1 Å². The third kappa shape index (κ3) is 3.75. The number of nitrogens with one attached hydrogen (secondary N) is 1. The molecule has 5 heteroatoms. The summed E-state index contributed by atoms with van der Waals surface area (Å²) in [5.41, 5.74) is 3.16. The maximum absolute atomic E-state index is 6.10. The van der Waals surface area contributed by atoms with Crippen LogP contribution in [-0.2, 0) is 19.6 Å². The van der Waals surface area contributed by atoms with Gasteiger partial charge in [-0.25, -0.2) is 4.98 Å². The highest BCUT2D eigenvalue weighted by atomic mass is 35.5. The molecule has 3 rings (SSSR count). The molecule has 118 valence electrons. The van der Waals surface area contributed by atoms with E-state index in [2.05, 4.69) is 16.5 Å². The molecule has 0 spiro atoms. The van der Waals surface area contributed by atoms with Gasteiger partial charge >= 0.3 is 0 Å². The number of nitrogens with zero attached hydrogens (tertiary/aromatic N) is 2. The summed E-state index contributed by atoms with van der Waals surface area (Å²) < 4.78 is 2.13. The van der Waals surface area contributed by atoms with Gasteiger partial charge in [0, 0.05) is 23.1 Å². The minimum absolute atomic E-state index is 0.669. The Labute approximate surface area is 145 Å². The Morgan fingerprint density at radius 1 is 1.04 bits per heavy atom. The van der Waals surface area contributed by atoms with Gasteiger partial charge in [0.25, 0.3) is 0 Å². The summed E-state index contributed by atoms with van der Waals surface area (Å²) in [6, 6.07) is 13.6. The first-order valence-corrected chi connectivity index (χ1v) is 8.13. The second-order valence-corrected chi connectivity index (χ2v) is 6.16. The van der Waals surface area contributed by atoms with Crippen molar-refractivity contribution in [1.82, 2.24) is 14.9 Å². The van der Waals surface area contributed by atoms with E-state index in [-0.39, 0.29) is 0 Å². The van der Waals surface area contributed by atoms with Crippen LogP contribution in [0.25, 0.3) is 11.0 Å². The molecule has 0 amide bonds. The lowest BCUT2D eigenvalue weighted by Gasteiger charge is -2.08. The van der Waals surface area contributed by atoms with Gasteiger partial charge in [0.15, 0.2) is 0 Å². The van der Waals surface area contributed by atoms with E-state index < -0.39 is 0 Å². The van der Waals surface area contributed by atoms with E-state index >= 15 is 0 Å². The molecule has 3 aromatic rings. The average molecular weight is 346 g/mol. The third-order valence-corrected chi connectivity index (χ3v) is 4.11. The summed E-state index contributed by atoms with van der Waals surface area (Å²) in [7, 11) is 0. The summed E-state index contributed by atoms with van der Waals surface area (Å²) in [5, 5.41) is 4.88. The van der Waals surface area contributed by atoms with Crippen molar-refractivity contribution in [2.75, 3.05) is 0 Å². The standard InChI is InChI=1S/C18H17Cl2N3/c1-2-9-23-17-10-15(20)7-8-16(17)22-18(23)12-21-11-13-3-5-14(19)6-4-13/h2-8,10,21H,1,9,11-12H2. The molecule has 0 radical (unpaired) electrons. The molecule has 1 N–H and O–H groups in total. The highest BCUT2D eigenvalue weighted by molar-refractivity contribution is 6.31. The number of aromatic nitrogens is 2. The second-order valence-electron chi connectivity index (χ2n) is 5.29. The van der Waals surface area contributed by atoms with Gasteiger partial charge in [-0.1, -0.05) is 41.4 Å². The first-order chi connectivity index (χ1) is 11.2. The molecule has 0 saturated carbocycles. The van der Waals surface area contributed by atoms with E-state index in [1.165, 1.54) is 5.56 Å². The van der Waals surface area contributed by atoms with Crippen LogP contribution in [0.1, 0.15) is 11.4 Å². The molecule has 2 aromatic carbocycles. The Bertz CT molecular complexity index is 822. The number of hydrogen-bond acceptors (Lipinski definition) is 2. The summed E-state index contributed by atoms with van der Waals surface area (Å²) in [6.45, 7) is 5.96. The van der Waals surface area contributed by atoms with Crippen molar-refractivity contribution in [2.24, 2.45) is 0 Å². The lowest BCUT2D eigenvalue weighted by molar-refractivity contribution is 0.632. The van der Waals surface area contributed by atoms with Crippen LogP contribution in [0.5, 0.6) is 0 Å². The first-order valence-electron chi connectivity index (χ1n) is 7.38. The summed E-state index contributed by atoms with van der Waals surface area (Å²) >= 11 is 12.0. The van der Waals surface area contributed by atoms with Crippen molar-refractivity contribution >= 4 is 34.2 Å². The third-order valence-electron chi connectivity index (χ3n) is 3.63. The van der Waals surface area contributed by atoms with Crippen LogP contribution in [0, 0.1) is 0 Å². The van der Waals surface area contributed by atoms with Crippen LogP contribution in [0.15, 0.2) is 55.1 Å². The van der Waals surface area contributed by atoms with Crippen molar-refractivity contribution in [1.29, 1.82) is 0 Å². The molecule has 0 fully saturated rings. The minimum atomic E-state index is 0.669. The molecule has 0 unspecified atom stereocenters. The van der Waals surface area contributed by atoms with E-state index in [0.717, 1.165) is 28.4 Å². The molecule has 23 heavy (non-hydrogen) atoms. The van der Waals surface area contributed by atoms with Crippen molar-refractivity contribution in [3.63, 3.8) is 0 Å². The Balaban J connectivity index is 1.77. The van der Waals surface area contributed by atoms with Crippen molar-refractivity contribution in [3.05, 3.63) is 76.6 Å². The zero-order valence-corrected chi connectivity index (χ0v) is 14.1. The van der Waals surface area contributed by atoms with Crippen molar-refractivity contribution in [2.45, 2.75) is 19.6 Å². The van der Waals surface area contributed by atoms with Crippen molar-refractivity contribution < 1.29 is 0 Å². The summed E-state index contributed by atoms with van der Waals surface area (Å²) in [4.78, 5) is 4.69. The van der Waals surface area contributed by atoms with Gasteiger partial charge < -0.3 is 9.88 Å². The fourth-order valence-electron chi connectivity index (χ4n) is 2.53. The van der Waals surface area contributed by atoms with Gasteiger partial charge in [0.05, 0.1) is 17.6 Å². The first kappa shape index (κ1) is 16.1. The van der Waals surface area contributed by atoms with E-state index in [1.54, 1.807) is 0 Å². The van der Waals surface area contributed by atoms with Gasteiger partial charge in [0.1, 0.15) is 5.82 Å². The summed E-state index contributed by atoms with van der Waals surface area (Å²) in [6.07, 6.45) is 1.87. The number of imidazole rings is 1. The topological polar surface area (TPSA) is 29.9 Å². The van der Waals surface area contributed by atoms with Crippen LogP contribution >= 0.6 is 23.2 Å². The predicted octanol–water partition coefficient (Wildman–Crippen LogP) is 4.82. The molecule has 0 saturated heterocycles. The number of hydrogen-bond donors (Lipinski definition) is 1. The van der Waals surface area contributed by atoms with Crippen LogP contribution in [0.4, 0.5) is 0 Å². The molecule has 1 heterocycles.